The van der Waals surface area contributed by atoms with Crippen LogP contribution in [0.25, 0.3) is 0 Å². The first-order chi connectivity index (χ1) is 14.1. The lowest BCUT2D eigenvalue weighted by Crippen LogP contribution is -2.15. The summed E-state index contributed by atoms with van der Waals surface area (Å²) in [7, 11) is -3.78. The van der Waals surface area contributed by atoms with Gasteiger partial charge in [0.25, 0.3) is 15.9 Å². The maximum atomic E-state index is 12.8. The van der Waals surface area contributed by atoms with Crippen LogP contribution < -0.4 is 10.0 Å². The zero-order valence-electron chi connectivity index (χ0n) is 16.6. The molecular weight excluding hydrogens is 443 g/mol. The van der Waals surface area contributed by atoms with E-state index in [9.17, 15) is 13.2 Å². The van der Waals surface area contributed by atoms with Crippen LogP contribution in [-0.4, -0.2) is 14.3 Å². The molecule has 0 saturated carbocycles. The Hall–Kier alpha value is -2.54. The summed E-state index contributed by atoms with van der Waals surface area (Å²) in [6.07, 6.45) is 0. The number of sulfonamides is 1. The molecule has 0 radical (unpaired) electrons. The van der Waals surface area contributed by atoms with Gasteiger partial charge in [-0.05, 0) is 74.4 Å². The molecule has 0 bridgehead atoms. The first-order valence-electron chi connectivity index (χ1n) is 9.04. The number of benzene rings is 3. The number of nitrogens with one attached hydrogen (secondary N) is 2. The quantitative estimate of drug-likeness (QED) is 0.490. The van der Waals surface area contributed by atoms with E-state index in [-0.39, 0.29) is 15.5 Å². The molecular formula is C22H20Cl2N2O3S. The monoisotopic (exact) mass is 462 g/mol. The van der Waals surface area contributed by atoms with Crippen molar-refractivity contribution in [2.75, 3.05) is 10.0 Å². The number of rotatable bonds is 5. The van der Waals surface area contributed by atoms with E-state index >= 15 is 0 Å². The van der Waals surface area contributed by atoms with Crippen LogP contribution in [0.2, 0.25) is 10.0 Å². The van der Waals surface area contributed by atoms with E-state index in [0.29, 0.717) is 16.4 Å². The summed E-state index contributed by atoms with van der Waals surface area (Å²) < 4.78 is 28.2. The third-order valence-electron chi connectivity index (χ3n) is 4.51. The Morgan fingerprint density at radius 1 is 0.867 bits per heavy atom. The van der Waals surface area contributed by atoms with Crippen molar-refractivity contribution in [2.24, 2.45) is 0 Å². The summed E-state index contributed by atoms with van der Waals surface area (Å²) in [6.45, 7) is 5.68. The first-order valence-corrected chi connectivity index (χ1v) is 11.3. The Bertz CT molecular complexity index is 1200. The standard InChI is InChI=1S/C22H20Cl2N2O3S/c1-13-10-14(2)21(15(3)11-13)26-30(28,29)18-7-5-17(6-8-18)25-22(27)19-9-4-16(23)12-20(19)24/h4-12,26H,1-3H3,(H,25,27). The maximum absolute atomic E-state index is 12.8. The molecule has 3 aromatic rings. The average molecular weight is 463 g/mol. The highest BCUT2D eigenvalue weighted by Gasteiger charge is 2.17. The number of hydrogen-bond donors (Lipinski definition) is 2. The number of anilines is 2. The second-order valence-electron chi connectivity index (χ2n) is 6.98. The van der Waals surface area contributed by atoms with Crippen LogP contribution in [0.15, 0.2) is 59.5 Å². The molecule has 3 rings (SSSR count). The molecule has 156 valence electrons. The van der Waals surface area contributed by atoms with Gasteiger partial charge in [-0.15, -0.1) is 0 Å². The lowest BCUT2D eigenvalue weighted by molar-refractivity contribution is 0.102. The van der Waals surface area contributed by atoms with Gasteiger partial charge >= 0.3 is 0 Å². The van der Waals surface area contributed by atoms with Gasteiger partial charge in [-0.2, -0.15) is 0 Å². The number of amides is 1. The van der Waals surface area contributed by atoms with Crippen LogP contribution in [0.3, 0.4) is 0 Å². The largest absolute Gasteiger partial charge is 0.322 e. The maximum Gasteiger partial charge on any atom is 0.261 e. The van der Waals surface area contributed by atoms with E-state index in [1.807, 2.05) is 32.9 Å². The minimum atomic E-state index is -3.78. The normalized spacial score (nSPS) is 11.2. The van der Waals surface area contributed by atoms with Crippen molar-refractivity contribution in [3.8, 4) is 0 Å². The number of carbonyl (C=O) groups excluding carboxylic acids is 1. The van der Waals surface area contributed by atoms with Gasteiger partial charge in [0.05, 0.1) is 21.2 Å². The minimum Gasteiger partial charge on any atom is -0.322 e. The predicted octanol–water partition coefficient (Wildman–Crippen LogP) is 5.97. The van der Waals surface area contributed by atoms with Crippen molar-refractivity contribution in [3.63, 3.8) is 0 Å². The molecule has 0 saturated heterocycles. The van der Waals surface area contributed by atoms with Gasteiger partial charge in [0.2, 0.25) is 0 Å². The Balaban J connectivity index is 1.78. The van der Waals surface area contributed by atoms with E-state index in [2.05, 4.69) is 10.0 Å². The topological polar surface area (TPSA) is 75.3 Å². The highest BCUT2D eigenvalue weighted by Crippen LogP contribution is 2.26. The van der Waals surface area contributed by atoms with E-state index in [1.165, 1.54) is 36.4 Å². The van der Waals surface area contributed by atoms with Gasteiger partial charge in [0, 0.05) is 10.7 Å². The van der Waals surface area contributed by atoms with Gasteiger partial charge in [0.1, 0.15) is 0 Å². The molecule has 2 N–H and O–H groups in total. The van der Waals surface area contributed by atoms with E-state index in [0.717, 1.165) is 16.7 Å². The number of aryl methyl sites for hydroxylation is 3. The number of hydrogen-bond acceptors (Lipinski definition) is 3. The summed E-state index contributed by atoms with van der Waals surface area (Å²) >= 11 is 11.9. The summed E-state index contributed by atoms with van der Waals surface area (Å²) in [5, 5.41) is 3.35. The van der Waals surface area contributed by atoms with Crippen LogP contribution >= 0.6 is 23.2 Å². The molecule has 0 spiro atoms. The molecule has 0 aromatic heterocycles. The Kier molecular flexibility index (Phi) is 6.41. The molecule has 3 aromatic carbocycles. The summed E-state index contributed by atoms with van der Waals surface area (Å²) in [5.41, 5.74) is 4.03. The van der Waals surface area contributed by atoms with Crippen LogP contribution in [0.1, 0.15) is 27.0 Å². The van der Waals surface area contributed by atoms with Gasteiger partial charge in [-0.1, -0.05) is 40.9 Å². The molecule has 5 nitrogen and oxygen atoms in total. The molecule has 0 fully saturated rings. The molecule has 8 heteroatoms. The van der Waals surface area contributed by atoms with E-state index in [1.54, 1.807) is 6.07 Å². The third kappa shape index (κ3) is 4.95. The second-order valence-corrected chi connectivity index (χ2v) is 9.51. The fraction of sp³-hybridized carbons (Fsp3) is 0.136. The zero-order valence-corrected chi connectivity index (χ0v) is 18.9. The van der Waals surface area contributed by atoms with Crippen molar-refractivity contribution in [1.29, 1.82) is 0 Å². The fourth-order valence-corrected chi connectivity index (χ4v) is 4.82. The molecule has 0 unspecified atom stereocenters. The molecule has 0 aliphatic carbocycles. The van der Waals surface area contributed by atoms with Crippen molar-refractivity contribution in [3.05, 3.63) is 86.9 Å². The zero-order chi connectivity index (χ0) is 22.1. The SMILES string of the molecule is Cc1cc(C)c(NS(=O)(=O)c2ccc(NC(=O)c3ccc(Cl)cc3Cl)cc2)c(C)c1. The van der Waals surface area contributed by atoms with Gasteiger partial charge in [-0.25, -0.2) is 8.42 Å². The minimum absolute atomic E-state index is 0.0874. The van der Waals surface area contributed by atoms with Crippen molar-refractivity contribution in [2.45, 2.75) is 25.7 Å². The van der Waals surface area contributed by atoms with Gasteiger partial charge in [-0.3, -0.25) is 9.52 Å². The van der Waals surface area contributed by atoms with E-state index in [4.69, 9.17) is 23.2 Å². The van der Waals surface area contributed by atoms with Crippen LogP contribution in [0.4, 0.5) is 11.4 Å². The van der Waals surface area contributed by atoms with Crippen LogP contribution in [-0.2, 0) is 10.0 Å². The molecule has 0 atom stereocenters. The van der Waals surface area contributed by atoms with Crippen LogP contribution in [0.5, 0.6) is 0 Å². The summed E-state index contributed by atoms with van der Waals surface area (Å²) in [6, 6.07) is 14.3. The second kappa shape index (κ2) is 8.68. The molecule has 30 heavy (non-hydrogen) atoms. The van der Waals surface area contributed by atoms with E-state index < -0.39 is 15.9 Å². The lowest BCUT2D eigenvalue weighted by atomic mass is 10.1. The number of carbonyl (C=O) groups is 1. The highest BCUT2D eigenvalue weighted by molar-refractivity contribution is 7.92. The first kappa shape index (κ1) is 22.2. The Morgan fingerprint density at radius 3 is 2.03 bits per heavy atom. The van der Waals surface area contributed by atoms with Gasteiger partial charge < -0.3 is 5.32 Å². The third-order valence-corrected chi connectivity index (χ3v) is 6.43. The molecule has 1 amide bonds. The fourth-order valence-electron chi connectivity index (χ4n) is 3.12. The highest BCUT2D eigenvalue weighted by atomic mass is 35.5. The molecule has 0 aliphatic rings. The van der Waals surface area contributed by atoms with Crippen LogP contribution in [0, 0.1) is 20.8 Å². The van der Waals surface area contributed by atoms with Crippen molar-refractivity contribution < 1.29 is 13.2 Å². The predicted molar refractivity (Wildman–Crippen MR) is 122 cm³/mol. The lowest BCUT2D eigenvalue weighted by Gasteiger charge is -2.14. The Labute approximate surface area is 186 Å². The summed E-state index contributed by atoms with van der Waals surface area (Å²) in [5.74, 6) is -0.420. The van der Waals surface area contributed by atoms with Crippen molar-refractivity contribution >= 4 is 50.5 Å². The smallest absolute Gasteiger partial charge is 0.261 e. The molecule has 0 aliphatic heterocycles. The molecule has 0 heterocycles. The summed E-state index contributed by atoms with van der Waals surface area (Å²) in [4.78, 5) is 12.5. The van der Waals surface area contributed by atoms with Crippen molar-refractivity contribution in [1.82, 2.24) is 0 Å². The Morgan fingerprint density at radius 2 is 1.47 bits per heavy atom. The number of halogens is 2. The van der Waals surface area contributed by atoms with Gasteiger partial charge in [0.15, 0.2) is 0 Å². The average Bonchev–Trinajstić information content (AvgIpc) is 2.65.